The number of hydrogen-bond acceptors (Lipinski definition) is 8. The minimum Gasteiger partial charge on any atom is -0.462 e. The highest BCUT2D eigenvalue weighted by molar-refractivity contribution is 6.06. The molecule has 9 atom stereocenters. The number of Topliss-reactive ketones (excluding diaryl/α,β-unsaturated/α-hetero) is 1. The zero-order chi connectivity index (χ0) is 27.9. The van der Waals surface area contributed by atoms with Crippen molar-refractivity contribution < 1.29 is 39.2 Å². The molecule has 204 valence electrons. The number of ether oxygens (including phenoxy) is 2. The molecule has 3 N–H and O–H groups in total. The smallest absolute Gasteiger partial charge is 0.333 e. The molecule has 8 nitrogen and oxygen atoms in total. The fourth-order valence-electron chi connectivity index (χ4n) is 7.42. The van der Waals surface area contributed by atoms with Gasteiger partial charge in [0, 0.05) is 28.7 Å². The van der Waals surface area contributed by atoms with Crippen LogP contribution >= 0.6 is 0 Å². The van der Waals surface area contributed by atoms with E-state index in [4.69, 9.17) is 9.47 Å². The summed E-state index contributed by atoms with van der Waals surface area (Å²) in [6.07, 6.45) is 3.63. The average Bonchev–Trinajstić information content (AvgIpc) is 3.26. The zero-order valence-corrected chi connectivity index (χ0v) is 23.0. The summed E-state index contributed by atoms with van der Waals surface area (Å²) in [6.45, 7) is 13.7. The average molecular weight is 517 g/mol. The van der Waals surface area contributed by atoms with Crippen LogP contribution in [0.5, 0.6) is 0 Å². The Labute approximate surface area is 218 Å². The van der Waals surface area contributed by atoms with E-state index in [1.807, 2.05) is 6.92 Å². The number of aliphatic hydroxyl groups excluding tert-OH is 1. The Morgan fingerprint density at radius 3 is 2.43 bits per heavy atom. The molecule has 0 radical (unpaired) electrons. The Kier molecular flexibility index (Phi) is 6.46. The molecule has 0 heterocycles. The first kappa shape index (κ1) is 27.7. The Hall–Kier alpha value is -2.29. The standard InChI is InChI=1S/C29H40O8/c1-9-15(4)25(33)36-13-26(8)22-20-21(30)17(6)11-27(34)19(10-16(5)23(27)31)29(20,35)18(7)12-28(22,26)37-24(32)14(2)3/h9-11,14,18-22,30,34-35H,12-13H2,1-8H3. The predicted octanol–water partition coefficient (Wildman–Crippen LogP) is 2.65. The second kappa shape index (κ2) is 8.61. The summed E-state index contributed by atoms with van der Waals surface area (Å²) >= 11 is 0. The van der Waals surface area contributed by atoms with E-state index in [1.54, 1.807) is 60.6 Å². The molecule has 0 aromatic heterocycles. The van der Waals surface area contributed by atoms with Gasteiger partial charge >= 0.3 is 11.9 Å². The number of carbonyl (C=O) groups excluding carboxylic acids is 3. The molecule has 0 aliphatic heterocycles. The number of ketones is 1. The normalized spacial score (nSPS) is 44.7. The minimum atomic E-state index is -1.98. The molecule has 4 aliphatic carbocycles. The van der Waals surface area contributed by atoms with E-state index in [0.717, 1.165) is 0 Å². The van der Waals surface area contributed by atoms with Crippen molar-refractivity contribution in [2.75, 3.05) is 6.61 Å². The van der Waals surface area contributed by atoms with E-state index >= 15 is 0 Å². The van der Waals surface area contributed by atoms with Crippen molar-refractivity contribution in [2.24, 2.45) is 35.0 Å². The molecule has 0 amide bonds. The van der Waals surface area contributed by atoms with Gasteiger partial charge in [-0.1, -0.05) is 39.8 Å². The van der Waals surface area contributed by atoms with Crippen molar-refractivity contribution in [3.63, 3.8) is 0 Å². The summed E-state index contributed by atoms with van der Waals surface area (Å²) in [7, 11) is 0. The molecular weight excluding hydrogens is 476 g/mol. The van der Waals surface area contributed by atoms with Gasteiger partial charge in [0.1, 0.15) is 12.2 Å². The molecule has 9 unspecified atom stereocenters. The largest absolute Gasteiger partial charge is 0.462 e. The molecule has 2 fully saturated rings. The van der Waals surface area contributed by atoms with Crippen molar-refractivity contribution in [1.82, 2.24) is 0 Å². The third kappa shape index (κ3) is 3.55. The monoisotopic (exact) mass is 516 g/mol. The van der Waals surface area contributed by atoms with Gasteiger partial charge in [-0.05, 0) is 57.3 Å². The van der Waals surface area contributed by atoms with Crippen molar-refractivity contribution in [3.05, 3.63) is 34.9 Å². The van der Waals surface area contributed by atoms with Crippen LogP contribution in [0, 0.1) is 35.0 Å². The number of esters is 2. The zero-order valence-electron chi connectivity index (χ0n) is 23.0. The highest BCUT2D eigenvalue weighted by Gasteiger charge is 2.86. The van der Waals surface area contributed by atoms with Crippen molar-refractivity contribution in [1.29, 1.82) is 0 Å². The van der Waals surface area contributed by atoms with E-state index in [-0.39, 0.29) is 13.0 Å². The van der Waals surface area contributed by atoms with Crippen LogP contribution in [0.3, 0.4) is 0 Å². The lowest BCUT2D eigenvalue weighted by Crippen LogP contribution is -2.63. The molecule has 4 rings (SSSR count). The molecular formula is C29H40O8. The molecule has 0 aromatic carbocycles. The van der Waals surface area contributed by atoms with Gasteiger partial charge in [-0.25, -0.2) is 4.79 Å². The Morgan fingerprint density at radius 2 is 1.86 bits per heavy atom. The number of fused-ring (bicyclic) bond motifs is 5. The van der Waals surface area contributed by atoms with Crippen LogP contribution < -0.4 is 0 Å². The van der Waals surface area contributed by atoms with Gasteiger partial charge in [0.05, 0.1) is 17.6 Å². The third-order valence-corrected chi connectivity index (χ3v) is 9.74. The van der Waals surface area contributed by atoms with Gasteiger partial charge < -0.3 is 24.8 Å². The van der Waals surface area contributed by atoms with Gasteiger partial charge in [-0.2, -0.15) is 0 Å². The maximum absolute atomic E-state index is 13.1. The summed E-state index contributed by atoms with van der Waals surface area (Å²) < 4.78 is 11.9. The summed E-state index contributed by atoms with van der Waals surface area (Å²) in [5.74, 6) is -4.87. The molecule has 0 spiro atoms. The molecule has 2 saturated carbocycles. The van der Waals surface area contributed by atoms with Gasteiger partial charge in [-0.3, -0.25) is 9.59 Å². The fraction of sp³-hybridized carbons (Fsp3) is 0.690. The Balaban J connectivity index is 1.85. The van der Waals surface area contributed by atoms with Crippen molar-refractivity contribution in [2.45, 2.75) is 84.7 Å². The maximum atomic E-state index is 13.1. The Morgan fingerprint density at radius 1 is 1.24 bits per heavy atom. The van der Waals surface area contributed by atoms with Crippen LogP contribution in [-0.4, -0.2) is 62.6 Å². The Bertz CT molecular complexity index is 1130. The van der Waals surface area contributed by atoms with E-state index in [9.17, 15) is 29.7 Å². The molecule has 0 bridgehead atoms. The molecule has 4 aliphatic rings. The van der Waals surface area contributed by atoms with E-state index in [1.165, 1.54) is 6.08 Å². The van der Waals surface area contributed by atoms with Crippen LogP contribution in [0.2, 0.25) is 0 Å². The fourth-order valence-corrected chi connectivity index (χ4v) is 7.42. The van der Waals surface area contributed by atoms with Crippen LogP contribution in [0.1, 0.15) is 61.8 Å². The molecule has 37 heavy (non-hydrogen) atoms. The van der Waals surface area contributed by atoms with Crippen LogP contribution in [0.15, 0.2) is 34.9 Å². The highest BCUT2D eigenvalue weighted by atomic mass is 16.6. The van der Waals surface area contributed by atoms with Crippen LogP contribution in [0.25, 0.3) is 0 Å². The molecule has 0 aromatic rings. The lowest BCUT2D eigenvalue weighted by Gasteiger charge is -2.51. The second-order valence-corrected chi connectivity index (χ2v) is 12.2. The number of allylic oxidation sites excluding steroid dienone is 1. The molecule has 8 heteroatoms. The second-order valence-electron chi connectivity index (χ2n) is 12.2. The van der Waals surface area contributed by atoms with Crippen LogP contribution in [-0.2, 0) is 23.9 Å². The van der Waals surface area contributed by atoms with Gasteiger partial charge in [0.25, 0.3) is 0 Å². The van der Waals surface area contributed by atoms with Crippen LogP contribution in [0.4, 0.5) is 0 Å². The quantitative estimate of drug-likeness (QED) is 0.289. The number of rotatable bonds is 5. The lowest BCUT2D eigenvalue weighted by molar-refractivity contribution is -0.201. The first-order valence-electron chi connectivity index (χ1n) is 13.1. The van der Waals surface area contributed by atoms with Gasteiger partial charge in [-0.15, -0.1) is 0 Å². The highest BCUT2D eigenvalue weighted by Crippen LogP contribution is 2.77. The van der Waals surface area contributed by atoms with E-state index in [0.29, 0.717) is 16.7 Å². The first-order chi connectivity index (χ1) is 17.0. The van der Waals surface area contributed by atoms with E-state index in [2.05, 4.69) is 0 Å². The van der Waals surface area contributed by atoms with E-state index < -0.39 is 75.6 Å². The van der Waals surface area contributed by atoms with Crippen molar-refractivity contribution in [3.8, 4) is 0 Å². The lowest BCUT2D eigenvalue weighted by atomic mass is 9.59. The third-order valence-electron chi connectivity index (χ3n) is 9.74. The maximum Gasteiger partial charge on any atom is 0.333 e. The first-order valence-corrected chi connectivity index (χ1v) is 13.1. The summed E-state index contributed by atoms with van der Waals surface area (Å²) in [5, 5.41) is 35.7. The number of aliphatic hydroxyl groups is 3. The number of carbonyl (C=O) groups is 3. The summed E-state index contributed by atoms with van der Waals surface area (Å²) in [5.41, 5.74) is -4.54. The molecule has 0 saturated heterocycles. The van der Waals surface area contributed by atoms with Gasteiger partial charge in [0.15, 0.2) is 11.4 Å². The number of hydrogen-bond donors (Lipinski definition) is 3. The minimum absolute atomic E-state index is 0.0788. The predicted molar refractivity (Wildman–Crippen MR) is 135 cm³/mol. The SMILES string of the molecule is CC=C(C)C(=O)OCC1(C)C2C3C(O)C(C)=CC4(O)C(=O)C(C)=CC4C3(O)C(C)CC21OC(=O)C(C)C. The van der Waals surface area contributed by atoms with Gasteiger partial charge in [0.2, 0.25) is 0 Å². The van der Waals surface area contributed by atoms with Crippen molar-refractivity contribution >= 4 is 17.7 Å². The summed E-state index contributed by atoms with van der Waals surface area (Å²) in [6, 6.07) is 0. The summed E-state index contributed by atoms with van der Waals surface area (Å²) in [4.78, 5) is 38.6. The topological polar surface area (TPSA) is 130 Å².